The normalized spacial score (nSPS) is 20.4. The first-order chi connectivity index (χ1) is 20.4. The van der Waals surface area contributed by atoms with Crippen molar-refractivity contribution in [1.82, 2.24) is 15.2 Å². The van der Waals surface area contributed by atoms with Gasteiger partial charge in [-0.3, -0.25) is 4.79 Å². The highest BCUT2D eigenvalue weighted by Gasteiger charge is 2.26. The number of hydrogen-bond acceptors (Lipinski definition) is 5. The summed E-state index contributed by atoms with van der Waals surface area (Å²) in [6, 6.07) is 8.39. The van der Waals surface area contributed by atoms with Gasteiger partial charge in [0.1, 0.15) is 23.1 Å². The molecule has 3 aliphatic rings. The van der Waals surface area contributed by atoms with Crippen LogP contribution in [0.25, 0.3) is 11.0 Å². The Balaban J connectivity index is 1.05. The molecule has 0 spiro atoms. The fourth-order valence-corrected chi connectivity index (χ4v) is 5.51. The summed E-state index contributed by atoms with van der Waals surface area (Å²) in [5.41, 5.74) is 2.79. The van der Waals surface area contributed by atoms with Crippen molar-refractivity contribution in [3.8, 4) is 0 Å². The van der Waals surface area contributed by atoms with Gasteiger partial charge >= 0.3 is 6.03 Å². The van der Waals surface area contributed by atoms with Crippen LogP contribution in [0.3, 0.4) is 0 Å². The molecule has 2 aliphatic carbocycles. The van der Waals surface area contributed by atoms with Crippen molar-refractivity contribution < 1.29 is 22.8 Å². The molecule has 0 bridgehead atoms. The molecule has 10 heteroatoms. The van der Waals surface area contributed by atoms with Gasteiger partial charge in [-0.05, 0) is 67.8 Å². The number of hydrogen-bond donors (Lipinski definition) is 2. The van der Waals surface area contributed by atoms with Gasteiger partial charge in [0, 0.05) is 43.0 Å². The SMILES string of the molecule is Cc1c(C(=O)Nc2ccc(N3CCN(C(=O)NC4CC=CC=C4F)CC3)nc2)oc2ccc(C3C=C(F)C=CC3)cc12. The Labute approximate surface area is 242 Å². The van der Waals surface area contributed by atoms with Crippen molar-refractivity contribution in [3.05, 3.63) is 102 Å². The predicted octanol–water partition coefficient (Wildman–Crippen LogP) is 6.30. The number of pyridine rings is 1. The van der Waals surface area contributed by atoms with E-state index in [4.69, 9.17) is 4.42 Å². The monoisotopic (exact) mass is 571 g/mol. The highest BCUT2D eigenvalue weighted by molar-refractivity contribution is 6.06. The predicted molar refractivity (Wildman–Crippen MR) is 158 cm³/mol. The van der Waals surface area contributed by atoms with Crippen molar-refractivity contribution >= 4 is 34.4 Å². The van der Waals surface area contributed by atoms with E-state index >= 15 is 0 Å². The fraction of sp³-hybridized carbons (Fsp3) is 0.281. The second kappa shape index (κ2) is 11.6. The van der Waals surface area contributed by atoms with Gasteiger partial charge in [0.05, 0.1) is 17.9 Å². The van der Waals surface area contributed by atoms with E-state index in [1.54, 1.807) is 29.3 Å². The van der Waals surface area contributed by atoms with Crippen molar-refractivity contribution in [2.75, 3.05) is 36.4 Å². The maximum atomic E-state index is 13.9. The number of fused-ring (bicyclic) bond motifs is 1. The van der Waals surface area contributed by atoms with E-state index in [1.807, 2.05) is 43.3 Å². The minimum Gasteiger partial charge on any atom is -0.451 e. The van der Waals surface area contributed by atoms with Crippen molar-refractivity contribution in [1.29, 1.82) is 0 Å². The van der Waals surface area contributed by atoms with Crippen LogP contribution in [0, 0.1) is 6.92 Å². The Bertz CT molecular complexity index is 1630. The average molecular weight is 572 g/mol. The number of amides is 3. The molecule has 3 heterocycles. The number of aromatic nitrogens is 1. The quantitative estimate of drug-likeness (QED) is 0.375. The summed E-state index contributed by atoms with van der Waals surface area (Å²) in [5.74, 6) is -0.0836. The number of carbonyl (C=O) groups is 2. The van der Waals surface area contributed by atoms with Gasteiger partial charge in [0.15, 0.2) is 5.76 Å². The van der Waals surface area contributed by atoms with E-state index in [0.717, 1.165) is 16.8 Å². The Hall–Kier alpha value is -4.73. The summed E-state index contributed by atoms with van der Waals surface area (Å²) in [6.45, 7) is 3.96. The molecule has 3 aromatic rings. The fourth-order valence-electron chi connectivity index (χ4n) is 5.51. The van der Waals surface area contributed by atoms with E-state index in [2.05, 4.69) is 20.5 Å². The van der Waals surface area contributed by atoms with Gasteiger partial charge in [-0.2, -0.15) is 0 Å². The molecule has 2 N–H and O–H groups in total. The summed E-state index contributed by atoms with van der Waals surface area (Å²) in [7, 11) is 0. The lowest BCUT2D eigenvalue weighted by atomic mass is 9.91. The molecule has 3 amide bonds. The van der Waals surface area contributed by atoms with E-state index in [-0.39, 0.29) is 35.3 Å². The molecule has 1 saturated heterocycles. The van der Waals surface area contributed by atoms with Gasteiger partial charge in [-0.15, -0.1) is 0 Å². The van der Waals surface area contributed by atoms with Gasteiger partial charge < -0.3 is 24.9 Å². The van der Waals surface area contributed by atoms with Crippen LogP contribution in [0.2, 0.25) is 0 Å². The number of urea groups is 1. The second-order valence-corrected chi connectivity index (χ2v) is 10.7. The van der Waals surface area contributed by atoms with Crippen molar-refractivity contribution in [2.24, 2.45) is 0 Å². The minimum atomic E-state index is -0.617. The molecule has 1 aliphatic heterocycles. The van der Waals surface area contributed by atoms with Crippen molar-refractivity contribution in [3.63, 3.8) is 0 Å². The zero-order chi connectivity index (χ0) is 29.2. The van der Waals surface area contributed by atoms with Gasteiger partial charge in [0.2, 0.25) is 0 Å². The summed E-state index contributed by atoms with van der Waals surface area (Å²) in [6.07, 6.45) is 12.5. The lowest BCUT2D eigenvalue weighted by molar-refractivity contribution is 0.0998. The minimum absolute atomic E-state index is 0.0584. The molecule has 2 aromatic heterocycles. The van der Waals surface area contributed by atoms with Crippen LogP contribution in [0.15, 0.2) is 89.1 Å². The molecule has 0 saturated carbocycles. The first-order valence-electron chi connectivity index (χ1n) is 14.0. The molecule has 0 radical (unpaired) electrons. The number of nitrogens with one attached hydrogen (secondary N) is 2. The average Bonchev–Trinajstić information content (AvgIpc) is 3.34. The summed E-state index contributed by atoms with van der Waals surface area (Å²) in [4.78, 5) is 33.9. The van der Waals surface area contributed by atoms with E-state index in [0.29, 0.717) is 55.9 Å². The Morgan fingerprint density at radius 3 is 2.62 bits per heavy atom. The van der Waals surface area contributed by atoms with Crippen molar-refractivity contribution in [2.45, 2.75) is 31.7 Å². The molecule has 1 fully saturated rings. The summed E-state index contributed by atoms with van der Waals surface area (Å²) < 4.78 is 33.6. The number of halogens is 2. The summed E-state index contributed by atoms with van der Waals surface area (Å²) >= 11 is 0. The molecule has 2 atom stereocenters. The van der Waals surface area contributed by atoms with E-state index in [9.17, 15) is 18.4 Å². The van der Waals surface area contributed by atoms with E-state index < -0.39 is 6.04 Å². The molecular weight excluding hydrogens is 540 g/mol. The largest absolute Gasteiger partial charge is 0.451 e. The van der Waals surface area contributed by atoms with Crippen LogP contribution >= 0.6 is 0 Å². The van der Waals surface area contributed by atoms with Crippen LogP contribution in [0.5, 0.6) is 0 Å². The molecule has 42 heavy (non-hydrogen) atoms. The topological polar surface area (TPSA) is 90.7 Å². The smallest absolute Gasteiger partial charge is 0.318 e. The number of rotatable bonds is 5. The zero-order valence-electron chi connectivity index (χ0n) is 23.1. The third kappa shape index (κ3) is 5.70. The third-order valence-corrected chi connectivity index (χ3v) is 7.91. The molecule has 216 valence electrons. The first-order valence-corrected chi connectivity index (χ1v) is 14.0. The third-order valence-electron chi connectivity index (χ3n) is 7.91. The molecule has 6 rings (SSSR count). The molecule has 8 nitrogen and oxygen atoms in total. The maximum Gasteiger partial charge on any atom is 0.318 e. The highest BCUT2D eigenvalue weighted by Crippen LogP contribution is 2.33. The number of allylic oxidation sites excluding steroid dienone is 6. The lowest BCUT2D eigenvalue weighted by Gasteiger charge is -2.36. The lowest BCUT2D eigenvalue weighted by Crippen LogP contribution is -2.53. The highest BCUT2D eigenvalue weighted by atomic mass is 19.1. The van der Waals surface area contributed by atoms with Gasteiger partial charge in [0.25, 0.3) is 5.91 Å². The summed E-state index contributed by atoms with van der Waals surface area (Å²) in [5, 5.41) is 6.43. The molecule has 2 unspecified atom stereocenters. The van der Waals surface area contributed by atoms with Crippen LogP contribution in [-0.2, 0) is 0 Å². The van der Waals surface area contributed by atoms with E-state index in [1.165, 1.54) is 12.2 Å². The first kappa shape index (κ1) is 27.4. The number of anilines is 2. The number of aryl methyl sites for hydroxylation is 1. The number of benzene rings is 1. The zero-order valence-corrected chi connectivity index (χ0v) is 23.1. The van der Waals surface area contributed by atoms with Gasteiger partial charge in [-0.25, -0.2) is 18.6 Å². The Morgan fingerprint density at radius 1 is 1.05 bits per heavy atom. The molecular formula is C32H31F2N5O3. The Morgan fingerprint density at radius 2 is 1.88 bits per heavy atom. The van der Waals surface area contributed by atoms with Gasteiger partial charge in [-0.1, -0.05) is 24.3 Å². The Kier molecular flexibility index (Phi) is 7.60. The van der Waals surface area contributed by atoms with Crippen LogP contribution in [-0.4, -0.2) is 54.0 Å². The number of carbonyl (C=O) groups excluding carboxylic acids is 2. The standard InChI is InChI=1S/C32H31F2N5O3/c1-20-25-18-22(21-5-4-6-23(33)17-21)9-11-28(25)42-30(20)31(40)36-24-10-12-29(35-19-24)38-13-15-39(16-14-38)32(41)37-27-8-3-2-7-26(27)34/h2-4,6-7,9-12,17-19,21,27H,5,8,13-16H2,1H3,(H,36,40)(H,37,41). The maximum absolute atomic E-state index is 13.9. The number of furan rings is 1. The second-order valence-electron chi connectivity index (χ2n) is 10.7. The molecule has 1 aromatic carbocycles. The van der Waals surface area contributed by atoms with Crippen LogP contribution in [0.1, 0.15) is 40.4 Å². The number of piperazine rings is 1. The van der Waals surface area contributed by atoms with Crippen LogP contribution in [0.4, 0.5) is 25.1 Å². The number of nitrogens with zero attached hydrogens (tertiary/aromatic N) is 3. The van der Waals surface area contributed by atoms with Crippen LogP contribution < -0.4 is 15.5 Å².